The zero-order valence-corrected chi connectivity index (χ0v) is 21.6. The number of nitrogens with one attached hydrogen (secondary N) is 2. The molecule has 6 rings (SSSR count). The predicted molar refractivity (Wildman–Crippen MR) is 148 cm³/mol. The molecule has 1 aliphatic carbocycles. The van der Waals surface area contributed by atoms with Gasteiger partial charge in [0.1, 0.15) is 29.1 Å². The lowest BCUT2D eigenvalue weighted by atomic mass is 9.81. The van der Waals surface area contributed by atoms with Crippen LogP contribution in [0.5, 0.6) is 5.75 Å². The summed E-state index contributed by atoms with van der Waals surface area (Å²) in [6.45, 7) is 2.30. The quantitative estimate of drug-likeness (QED) is 0.298. The van der Waals surface area contributed by atoms with Crippen LogP contribution in [0.15, 0.2) is 54.9 Å². The molecule has 1 fully saturated rings. The predicted octanol–water partition coefficient (Wildman–Crippen LogP) is 4.94. The number of H-pyrrole nitrogens is 1. The normalized spacial score (nSPS) is 17.6. The molecule has 4 N–H and O–H groups in total. The molecule has 1 saturated carbocycles. The lowest BCUT2D eigenvalue weighted by Gasteiger charge is -2.27. The number of nitrogens with zero attached hydrogens (tertiary/aromatic N) is 4. The van der Waals surface area contributed by atoms with Gasteiger partial charge in [-0.2, -0.15) is 5.10 Å². The zero-order valence-electron chi connectivity index (χ0n) is 21.6. The van der Waals surface area contributed by atoms with Crippen LogP contribution in [-0.2, 0) is 4.79 Å². The summed E-state index contributed by atoms with van der Waals surface area (Å²) < 4.78 is 7.31. The van der Waals surface area contributed by atoms with Gasteiger partial charge in [0, 0.05) is 30.3 Å². The number of aromatic nitrogens is 5. The number of fused-ring (bicyclic) bond motifs is 2. The van der Waals surface area contributed by atoms with E-state index in [4.69, 9.17) is 15.5 Å². The third-order valence-corrected chi connectivity index (χ3v) is 7.63. The van der Waals surface area contributed by atoms with Crippen molar-refractivity contribution in [3.63, 3.8) is 0 Å². The van der Waals surface area contributed by atoms with E-state index in [9.17, 15) is 4.79 Å². The Bertz CT molecular complexity index is 1630. The van der Waals surface area contributed by atoms with E-state index in [1.54, 1.807) is 14.0 Å². The van der Waals surface area contributed by atoms with Gasteiger partial charge in [-0.25, -0.2) is 14.5 Å². The van der Waals surface area contributed by atoms with E-state index >= 15 is 0 Å². The van der Waals surface area contributed by atoms with Gasteiger partial charge >= 0.3 is 0 Å². The van der Waals surface area contributed by atoms with Crippen LogP contribution in [0.3, 0.4) is 0 Å². The number of hydrogen-bond donors (Lipinski definition) is 3. The van der Waals surface area contributed by atoms with Gasteiger partial charge in [0.15, 0.2) is 5.82 Å². The van der Waals surface area contributed by atoms with Crippen LogP contribution >= 0.6 is 0 Å². The molecule has 0 radical (unpaired) electrons. The first-order chi connectivity index (χ1) is 18.5. The molecule has 0 atom stereocenters. The number of rotatable bonds is 6. The van der Waals surface area contributed by atoms with Gasteiger partial charge in [-0.05, 0) is 55.4 Å². The fourth-order valence-corrected chi connectivity index (χ4v) is 5.66. The van der Waals surface area contributed by atoms with Crippen molar-refractivity contribution in [2.24, 2.45) is 5.92 Å². The van der Waals surface area contributed by atoms with Crippen molar-refractivity contribution in [2.75, 3.05) is 19.4 Å². The Morgan fingerprint density at radius 3 is 2.76 bits per heavy atom. The molecule has 1 aliphatic rings. The number of aromatic amines is 1. The highest BCUT2D eigenvalue weighted by Gasteiger charge is 2.28. The maximum Gasteiger partial charge on any atom is 0.216 e. The van der Waals surface area contributed by atoms with Crippen LogP contribution in [0.4, 0.5) is 5.82 Å². The molecule has 2 aromatic carbocycles. The first kappa shape index (κ1) is 24.0. The first-order valence-electron chi connectivity index (χ1n) is 13.0. The number of benzene rings is 2. The number of carbonyl (C=O) groups excluding carboxylic acids is 1. The van der Waals surface area contributed by atoms with Gasteiger partial charge < -0.3 is 20.8 Å². The number of imidazole rings is 1. The molecule has 0 bridgehead atoms. The Morgan fingerprint density at radius 1 is 1.16 bits per heavy atom. The Balaban J connectivity index is 1.39. The summed E-state index contributed by atoms with van der Waals surface area (Å²) >= 11 is 0. The molecule has 5 aromatic rings. The summed E-state index contributed by atoms with van der Waals surface area (Å²) in [4.78, 5) is 24.4. The van der Waals surface area contributed by atoms with Crippen molar-refractivity contribution >= 4 is 28.1 Å². The van der Waals surface area contributed by atoms with Gasteiger partial charge in [0.05, 0.1) is 18.3 Å². The van der Waals surface area contributed by atoms with Crippen molar-refractivity contribution in [3.05, 3.63) is 60.7 Å². The summed E-state index contributed by atoms with van der Waals surface area (Å²) in [5, 5.41) is 8.60. The molecule has 9 heteroatoms. The van der Waals surface area contributed by atoms with Crippen molar-refractivity contribution < 1.29 is 9.53 Å². The Labute approximate surface area is 220 Å². The number of amides is 1. The van der Waals surface area contributed by atoms with Crippen LogP contribution in [0.25, 0.3) is 38.9 Å². The molecule has 9 nitrogen and oxygen atoms in total. The number of carbonyl (C=O) groups is 1. The molecular formula is C29H31N7O2. The molecule has 38 heavy (non-hydrogen) atoms. The number of hydrogen-bond acceptors (Lipinski definition) is 6. The van der Waals surface area contributed by atoms with E-state index in [2.05, 4.69) is 50.7 Å². The fourth-order valence-electron chi connectivity index (χ4n) is 5.66. The van der Waals surface area contributed by atoms with Crippen LogP contribution in [-0.4, -0.2) is 44.1 Å². The van der Waals surface area contributed by atoms with E-state index in [0.29, 0.717) is 11.7 Å². The second kappa shape index (κ2) is 9.81. The van der Waals surface area contributed by atoms with E-state index in [1.807, 2.05) is 22.7 Å². The number of nitrogens with two attached hydrogens (primary N) is 1. The maximum atomic E-state index is 11.3. The second-order valence-corrected chi connectivity index (χ2v) is 10.1. The Hall–Kier alpha value is -4.40. The summed E-state index contributed by atoms with van der Waals surface area (Å²) in [6, 6.07) is 16.4. The minimum Gasteiger partial charge on any atom is -0.497 e. The molecule has 194 valence electrons. The minimum atomic E-state index is 0.0242. The van der Waals surface area contributed by atoms with Gasteiger partial charge in [0.25, 0.3) is 0 Å². The van der Waals surface area contributed by atoms with Crippen LogP contribution < -0.4 is 15.8 Å². The highest BCUT2D eigenvalue weighted by atomic mass is 16.5. The molecule has 1 amide bonds. The standard InChI is InChI=1S/C29H31N7O2/c1-17(37)31-15-18-9-11-19(12-10-18)29-35-26(27-28(30)32-16-33-36(27)29)24-14-21-6-4-8-23(25(21)34-24)20-5-3-7-22(13-20)38-2/h3-8,13-14,16,18-19,34H,9-12,15H2,1-2H3,(H,31,37)(H2,30,32,33)/t18-,19-. The molecule has 0 saturated heterocycles. The number of nitrogen functional groups attached to an aromatic ring is 1. The van der Waals surface area contributed by atoms with Gasteiger partial charge in [-0.15, -0.1) is 0 Å². The van der Waals surface area contributed by atoms with Gasteiger partial charge in [0.2, 0.25) is 5.91 Å². The zero-order chi connectivity index (χ0) is 26.2. The number of para-hydroxylation sites is 1. The molecule has 0 unspecified atom stereocenters. The van der Waals surface area contributed by atoms with E-state index in [-0.39, 0.29) is 11.8 Å². The van der Waals surface area contributed by atoms with Crippen LogP contribution in [0.2, 0.25) is 0 Å². The third kappa shape index (κ3) is 4.34. The molecule has 3 aromatic heterocycles. The van der Waals surface area contributed by atoms with Crippen molar-refractivity contribution in [2.45, 2.75) is 38.5 Å². The fraction of sp³-hybridized carbons (Fsp3) is 0.310. The second-order valence-electron chi connectivity index (χ2n) is 10.1. The largest absolute Gasteiger partial charge is 0.497 e. The lowest BCUT2D eigenvalue weighted by Crippen LogP contribution is -2.29. The number of anilines is 1. The summed E-state index contributed by atoms with van der Waals surface area (Å²) in [6.07, 6.45) is 5.53. The topological polar surface area (TPSA) is 123 Å². The monoisotopic (exact) mass is 509 g/mol. The van der Waals surface area contributed by atoms with E-state index in [0.717, 1.165) is 82.7 Å². The molecule has 0 aliphatic heterocycles. The molecule has 3 heterocycles. The highest BCUT2D eigenvalue weighted by molar-refractivity contribution is 5.99. The SMILES string of the molecule is COc1cccc(-c2cccc3cc(-c4nc([C@H]5CC[C@H](CNC(C)=O)CC5)n5ncnc(N)c45)[nH]c23)c1. The minimum absolute atomic E-state index is 0.0242. The number of methoxy groups -OCH3 is 1. The Morgan fingerprint density at radius 2 is 1.97 bits per heavy atom. The van der Waals surface area contributed by atoms with Gasteiger partial charge in [-0.3, -0.25) is 4.79 Å². The van der Waals surface area contributed by atoms with E-state index in [1.165, 1.54) is 6.33 Å². The molecule has 0 spiro atoms. The first-order valence-corrected chi connectivity index (χ1v) is 13.0. The average molecular weight is 510 g/mol. The summed E-state index contributed by atoms with van der Waals surface area (Å²) in [5.74, 6) is 2.90. The van der Waals surface area contributed by atoms with Crippen molar-refractivity contribution in [3.8, 4) is 28.3 Å². The van der Waals surface area contributed by atoms with Gasteiger partial charge in [-0.1, -0.05) is 30.3 Å². The molecular weight excluding hydrogens is 478 g/mol. The third-order valence-electron chi connectivity index (χ3n) is 7.63. The lowest BCUT2D eigenvalue weighted by molar-refractivity contribution is -0.119. The Kier molecular flexibility index (Phi) is 6.19. The summed E-state index contributed by atoms with van der Waals surface area (Å²) in [5.41, 5.74) is 11.9. The highest BCUT2D eigenvalue weighted by Crippen LogP contribution is 2.39. The number of ether oxygens (including phenoxy) is 1. The smallest absolute Gasteiger partial charge is 0.216 e. The van der Waals surface area contributed by atoms with Crippen LogP contribution in [0.1, 0.15) is 44.3 Å². The summed E-state index contributed by atoms with van der Waals surface area (Å²) in [7, 11) is 1.68. The van der Waals surface area contributed by atoms with Crippen molar-refractivity contribution in [1.29, 1.82) is 0 Å². The van der Waals surface area contributed by atoms with Crippen LogP contribution in [0, 0.1) is 5.92 Å². The maximum absolute atomic E-state index is 11.3. The average Bonchev–Trinajstić information content (AvgIpc) is 3.55. The van der Waals surface area contributed by atoms with E-state index < -0.39 is 0 Å². The van der Waals surface area contributed by atoms with Crippen molar-refractivity contribution in [1.82, 2.24) is 29.9 Å².